The monoisotopic (exact) mass is 281 g/mol. The van der Waals surface area contributed by atoms with Crippen LogP contribution in [0.3, 0.4) is 0 Å². The summed E-state index contributed by atoms with van der Waals surface area (Å²) >= 11 is 1.76. The maximum absolute atomic E-state index is 6.34. The number of likely N-dealkylation sites (tertiary alicyclic amines) is 1. The summed E-state index contributed by atoms with van der Waals surface area (Å²) in [7, 11) is 2.22. The molecular weight excluding hydrogens is 254 g/mol. The van der Waals surface area contributed by atoms with Crippen LogP contribution >= 0.6 is 11.3 Å². The third-order valence-electron chi connectivity index (χ3n) is 4.20. The topological polar surface area (TPSA) is 32.5 Å². The molecule has 2 atom stereocenters. The Kier molecular flexibility index (Phi) is 5.82. The van der Waals surface area contributed by atoms with Crippen molar-refractivity contribution in [2.45, 2.75) is 38.3 Å². The molecule has 2 rings (SSSR count). The summed E-state index contributed by atoms with van der Waals surface area (Å²) in [6, 6.07) is 2.80. The lowest BCUT2D eigenvalue weighted by atomic mass is 9.99. The summed E-state index contributed by atoms with van der Waals surface area (Å²) in [6.45, 7) is 7.01. The van der Waals surface area contributed by atoms with Gasteiger partial charge >= 0.3 is 0 Å². The Labute approximate surface area is 121 Å². The van der Waals surface area contributed by atoms with Crippen LogP contribution in [-0.2, 0) is 0 Å². The molecule has 0 aromatic carbocycles. The molecule has 1 aliphatic rings. The van der Waals surface area contributed by atoms with Gasteiger partial charge in [0.2, 0.25) is 0 Å². The molecule has 3 nitrogen and oxygen atoms in total. The number of thiophene rings is 1. The first-order valence-electron chi connectivity index (χ1n) is 7.42. The summed E-state index contributed by atoms with van der Waals surface area (Å²) in [5.74, 6) is 0. The highest BCUT2D eigenvalue weighted by molar-refractivity contribution is 7.07. The van der Waals surface area contributed by atoms with Crippen LogP contribution in [0.25, 0.3) is 0 Å². The van der Waals surface area contributed by atoms with E-state index >= 15 is 0 Å². The molecule has 0 saturated carbocycles. The molecule has 1 saturated heterocycles. The second-order valence-electron chi connectivity index (χ2n) is 5.60. The van der Waals surface area contributed by atoms with Gasteiger partial charge in [0.15, 0.2) is 0 Å². The van der Waals surface area contributed by atoms with E-state index in [0.717, 1.165) is 13.0 Å². The molecule has 0 radical (unpaired) electrons. The van der Waals surface area contributed by atoms with E-state index in [-0.39, 0.29) is 6.04 Å². The molecule has 4 heteroatoms. The third-order valence-corrected chi connectivity index (χ3v) is 4.91. The van der Waals surface area contributed by atoms with Crippen molar-refractivity contribution < 1.29 is 0 Å². The predicted molar refractivity (Wildman–Crippen MR) is 83.6 cm³/mol. The van der Waals surface area contributed by atoms with Gasteiger partial charge in [-0.15, -0.1) is 0 Å². The van der Waals surface area contributed by atoms with Crippen LogP contribution in [0.2, 0.25) is 0 Å². The highest BCUT2D eigenvalue weighted by atomic mass is 32.1. The van der Waals surface area contributed by atoms with Crippen LogP contribution in [0.4, 0.5) is 0 Å². The van der Waals surface area contributed by atoms with Gasteiger partial charge in [-0.1, -0.05) is 6.92 Å². The first-order chi connectivity index (χ1) is 9.22. The van der Waals surface area contributed by atoms with Gasteiger partial charge < -0.3 is 10.6 Å². The normalized spacial score (nSPS) is 20.0. The number of hydrogen-bond donors (Lipinski definition) is 1. The van der Waals surface area contributed by atoms with Crippen LogP contribution in [0.5, 0.6) is 0 Å². The van der Waals surface area contributed by atoms with E-state index < -0.39 is 0 Å². The van der Waals surface area contributed by atoms with E-state index in [4.69, 9.17) is 5.73 Å². The third kappa shape index (κ3) is 4.02. The van der Waals surface area contributed by atoms with E-state index in [1.807, 2.05) is 0 Å². The van der Waals surface area contributed by atoms with Gasteiger partial charge in [0.1, 0.15) is 0 Å². The van der Waals surface area contributed by atoms with Crippen LogP contribution in [0.15, 0.2) is 16.8 Å². The first kappa shape index (κ1) is 15.0. The van der Waals surface area contributed by atoms with Gasteiger partial charge in [-0.05, 0) is 61.8 Å². The zero-order valence-electron chi connectivity index (χ0n) is 12.2. The lowest BCUT2D eigenvalue weighted by Crippen LogP contribution is -2.41. The molecule has 19 heavy (non-hydrogen) atoms. The van der Waals surface area contributed by atoms with Gasteiger partial charge in [-0.2, -0.15) is 11.3 Å². The smallest absolute Gasteiger partial charge is 0.0504 e. The molecule has 2 heterocycles. The molecule has 1 aromatic heterocycles. The largest absolute Gasteiger partial charge is 0.326 e. The molecule has 2 unspecified atom stereocenters. The SMILES string of the molecule is CCC(N)C(c1ccsc1)N(C)CCN1CCCC1. The molecule has 0 bridgehead atoms. The van der Waals surface area contributed by atoms with Gasteiger partial charge in [-0.3, -0.25) is 4.90 Å². The van der Waals surface area contributed by atoms with Crippen molar-refractivity contribution in [1.82, 2.24) is 9.80 Å². The highest BCUT2D eigenvalue weighted by Crippen LogP contribution is 2.25. The zero-order chi connectivity index (χ0) is 13.7. The summed E-state index contributed by atoms with van der Waals surface area (Å²) in [5, 5.41) is 4.39. The van der Waals surface area contributed by atoms with Crippen molar-refractivity contribution in [3.8, 4) is 0 Å². The predicted octanol–water partition coefficient (Wildman–Crippen LogP) is 2.55. The van der Waals surface area contributed by atoms with Gasteiger partial charge in [-0.25, -0.2) is 0 Å². The van der Waals surface area contributed by atoms with Crippen molar-refractivity contribution >= 4 is 11.3 Å². The second kappa shape index (κ2) is 7.39. The molecule has 1 aliphatic heterocycles. The minimum atomic E-state index is 0.221. The summed E-state index contributed by atoms with van der Waals surface area (Å²) < 4.78 is 0. The molecular formula is C15H27N3S. The van der Waals surface area contributed by atoms with Crippen LogP contribution < -0.4 is 5.73 Å². The van der Waals surface area contributed by atoms with E-state index in [2.05, 4.69) is 40.6 Å². The molecule has 1 aromatic rings. The number of hydrogen-bond acceptors (Lipinski definition) is 4. The molecule has 0 amide bonds. The van der Waals surface area contributed by atoms with Crippen LogP contribution in [-0.4, -0.2) is 49.1 Å². The van der Waals surface area contributed by atoms with Crippen LogP contribution in [0, 0.1) is 0 Å². The standard InChI is InChI=1S/C15H27N3S/c1-3-14(16)15(13-6-11-19-12-13)17(2)9-10-18-7-4-5-8-18/h6,11-12,14-15H,3-5,7-10,16H2,1-2H3. The summed E-state index contributed by atoms with van der Waals surface area (Å²) in [5.41, 5.74) is 7.72. The number of nitrogens with zero attached hydrogens (tertiary/aromatic N) is 2. The molecule has 0 spiro atoms. The van der Waals surface area contributed by atoms with E-state index in [1.165, 1.54) is 38.0 Å². The van der Waals surface area contributed by atoms with Gasteiger partial charge in [0, 0.05) is 19.1 Å². The van der Waals surface area contributed by atoms with Crippen molar-refractivity contribution in [2.75, 3.05) is 33.2 Å². The van der Waals surface area contributed by atoms with Crippen molar-refractivity contribution in [3.05, 3.63) is 22.4 Å². The Balaban J connectivity index is 1.93. The molecule has 0 aliphatic carbocycles. The average Bonchev–Trinajstić information content (AvgIpc) is 3.09. The number of nitrogens with two attached hydrogens (primary N) is 1. The minimum absolute atomic E-state index is 0.221. The maximum Gasteiger partial charge on any atom is 0.0504 e. The summed E-state index contributed by atoms with van der Waals surface area (Å²) in [4.78, 5) is 5.01. The molecule has 108 valence electrons. The Morgan fingerprint density at radius 2 is 2.16 bits per heavy atom. The van der Waals surface area contributed by atoms with Crippen molar-refractivity contribution in [3.63, 3.8) is 0 Å². The fraction of sp³-hybridized carbons (Fsp3) is 0.733. The van der Waals surface area contributed by atoms with E-state index in [9.17, 15) is 0 Å². The average molecular weight is 281 g/mol. The number of rotatable bonds is 7. The van der Waals surface area contributed by atoms with Crippen molar-refractivity contribution in [2.24, 2.45) is 5.73 Å². The Hall–Kier alpha value is -0.420. The molecule has 2 N–H and O–H groups in total. The van der Waals surface area contributed by atoms with Gasteiger partial charge in [0.05, 0.1) is 6.04 Å². The highest BCUT2D eigenvalue weighted by Gasteiger charge is 2.24. The quantitative estimate of drug-likeness (QED) is 0.833. The Morgan fingerprint density at radius 1 is 1.42 bits per heavy atom. The molecule has 1 fully saturated rings. The zero-order valence-corrected chi connectivity index (χ0v) is 13.0. The number of likely N-dealkylation sites (N-methyl/N-ethyl adjacent to an activating group) is 1. The fourth-order valence-electron chi connectivity index (χ4n) is 2.94. The minimum Gasteiger partial charge on any atom is -0.326 e. The van der Waals surface area contributed by atoms with Crippen molar-refractivity contribution in [1.29, 1.82) is 0 Å². The van der Waals surface area contributed by atoms with Gasteiger partial charge in [0.25, 0.3) is 0 Å². The Morgan fingerprint density at radius 3 is 2.74 bits per heavy atom. The van der Waals surface area contributed by atoms with Crippen LogP contribution in [0.1, 0.15) is 37.8 Å². The fourth-order valence-corrected chi connectivity index (χ4v) is 3.63. The lowest BCUT2D eigenvalue weighted by molar-refractivity contribution is 0.182. The second-order valence-corrected chi connectivity index (χ2v) is 6.38. The Bertz CT molecular complexity index is 346. The lowest BCUT2D eigenvalue weighted by Gasteiger charge is -2.33. The van der Waals surface area contributed by atoms with E-state index in [0.29, 0.717) is 6.04 Å². The first-order valence-corrected chi connectivity index (χ1v) is 8.37. The maximum atomic E-state index is 6.34. The summed E-state index contributed by atoms with van der Waals surface area (Å²) in [6.07, 6.45) is 3.76. The van der Waals surface area contributed by atoms with E-state index in [1.54, 1.807) is 11.3 Å².